The Bertz CT molecular complexity index is 950. The summed E-state index contributed by atoms with van der Waals surface area (Å²) in [6.45, 7) is -0.216. The molecular weight excluding hydrogens is 345 g/mol. The zero-order valence-electron chi connectivity index (χ0n) is 12.0. The second-order valence-corrected chi connectivity index (χ2v) is 6.59. The van der Waals surface area contributed by atoms with Crippen LogP contribution >= 0.6 is 0 Å². The first-order chi connectivity index (χ1) is 11.3. The number of fused-ring (bicyclic) bond motifs is 1. The normalized spacial score (nSPS) is 12.6. The molecule has 0 aromatic carbocycles. The van der Waals surface area contributed by atoms with Gasteiger partial charge in [-0.3, -0.25) is 4.98 Å². The van der Waals surface area contributed by atoms with Gasteiger partial charge in [0.15, 0.2) is 5.03 Å². The van der Waals surface area contributed by atoms with Crippen LogP contribution in [0.2, 0.25) is 0 Å². The van der Waals surface area contributed by atoms with Gasteiger partial charge >= 0.3 is 6.18 Å². The molecule has 24 heavy (non-hydrogen) atoms. The average Bonchev–Trinajstić information content (AvgIpc) is 2.95. The summed E-state index contributed by atoms with van der Waals surface area (Å²) in [5.74, 6) is 0. The second-order valence-electron chi connectivity index (χ2n) is 4.91. The molecule has 0 aliphatic rings. The van der Waals surface area contributed by atoms with Gasteiger partial charge < -0.3 is 4.98 Å². The van der Waals surface area contributed by atoms with E-state index in [1.807, 2.05) is 0 Å². The van der Waals surface area contributed by atoms with Gasteiger partial charge in [0.2, 0.25) is 0 Å². The highest BCUT2D eigenvalue weighted by Gasteiger charge is 2.38. The first-order valence-corrected chi connectivity index (χ1v) is 8.20. The number of aromatic amines is 1. The van der Waals surface area contributed by atoms with Crippen molar-refractivity contribution in [3.05, 3.63) is 54.0 Å². The molecule has 10 heteroatoms. The van der Waals surface area contributed by atoms with Crippen LogP contribution in [-0.4, -0.2) is 23.4 Å². The standard InChI is InChI=1S/C14H11F3N4O2S/c15-14(16,17)10-3-1-6-19-13(10)24(22,23)20-8-9-7-12-11(21-9)4-2-5-18-12/h1-7,20-21H,8H2. The predicted molar refractivity (Wildman–Crippen MR) is 79.4 cm³/mol. The van der Waals surface area contributed by atoms with Crippen LogP contribution in [0.25, 0.3) is 11.0 Å². The van der Waals surface area contributed by atoms with Crippen LogP contribution in [0, 0.1) is 0 Å². The number of H-pyrrole nitrogens is 1. The zero-order valence-corrected chi connectivity index (χ0v) is 12.8. The van der Waals surface area contributed by atoms with E-state index in [1.54, 1.807) is 24.4 Å². The first kappa shape index (κ1) is 16.4. The predicted octanol–water partition coefficient (Wildman–Crippen LogP) is 2.46. The SMILES string of the molecule is O=S(=O)(NCc1cc2ncccc2[nH]1)c1ncccc1C(F)(F)F. The van der Waals surface area contributed by atoms with E-state index in [2.05, 4.69) is 19.7 Å². The number of halogens is 3. The minimum atomic E-state index is -4.82. The summed E-state index contributed by atoms with van der Waals surface area (Å²) in [4.78, 5) is 10.4. The van der Waals surface area contributed by atoms with Gasteiger partial charge in [0.25, 0.3) is 10.0 Å². The third-order valence-electron chi connectivity index (χ3n) is 3.23. The van der Waals surface area contributed by atoms with Crippen LogP contribution in [0.1, 0.15) is 11.3 Å². The molecular formula is C14H11F3N4O2S. The van der Waals surface area contributed by atoms with Crippen molar-refractivity contribution in [2.75, 3.05) is 0 Å². The summed E-state index contributed by atoms with van der Waals surface area (Å²) in [7, 11) is -4.43. The molecule has 0 spiro atoms. The fourth-order valence-corrected chi connectivity index (χ4v) is 3.32. The lowest BCUT2D eigenvalue weighted by Gasteiger charge is -2.12. The largest absolute Gasteiger partial charge is 0.419 e. The van der Waals surface area contributed by atoms with Crippen LogP contribution in [-0.2, 0) is 22.7 Å². The molecule has 0 unspecified atom stereocenters. The Kier molecular flexibility index (Phi) is 4.01. The number of hydrogen-bond acceptors (Lipinski definition) is 4. The average molecular weight is 356 g/mol. The van der Waals surface area contributed by atoms with Gasteiger partial charge in [-0.2, -0.15) is 13.2 Å². The van der Waals surface area contributed by atoms with Crippen LogP contribution in [0.3, 0.4) is 0 Å². The number of nitrogens with zero attached hydrogens (tertiary/aromatic N) is 2. The molecule has 0 aliphatic carbocycles. The maximum Gasteiger partial charge on any atom is 0.419 e. The molecule has 2 N–H and O–H groups in total. The molecule has 0 saturated carbocycles. The first-order valence-electron chi connectivity index (χ1n) is 6.72. The number of aromatic nitrogens is 3. The molecule has 3 rings (SSSR count). The molecule has 3 aromatic heterocycles. The van der Waals surface area contributed by atoms with Crippen molar-refractivity contribution in [2.45, 2.75) is 17.7 Å². The van der Waals surface area contributed by atoms with Gasteiger partial charge in [-0.05, 0) is 30.3 Å². The Morgan fingerprint density at radius 1 is 1.12 bits per heavy atom. The van der Waals surface area contributed by atoms with Crippen molar-refractivity contribution >= 4 is 21.1 Å². The van der Waals surface area contributed by atoms with E-state index < -0.39 is 26.8 Å². The summed E-state index contributed by atoms with van der Waals surface area (Å²) in [6.07, 6.45) is -2.24. The summed E-state index contributed by atoms with van der Waals surface area (Å²) in [6, 6.07) is 6.78. The summed E-state index contributed by atoms with van der Waals surface area (Å²) in [5, 5.41) is -1.05. The molecule has 0 aliphatic heterocycles. The van der Waals surface area contributed by atoms with Gasteiger partial charge in [0.05, 0.1) is 23.1 Å². The van der Waals surface area contributed by atoms with E-state index in [9.17, 15) is 21.6 Å². The molecule has 0 bridgehead atoms. The third kappa shape index (κ3) is 3.24. The number of alkyl halides is 3. The summed E-state index contributed by atoms with van der Waals surface area (Å²) in [5.41, 5.74) is 0.480. The number of rotatable bonds is 4. The number of sulfonamides is 1. The fraction of sp³-hybridized carbons (Fsp3) is 0.143. The summed E-state index contributed by atoms with van der Waals surface area (Å²) < 4.78 is 65.3. The fourth-order valence-electron chi connectivity index (χ4n) is 2.17. The van der Waals surface area contributed by atoms with E-state index >= 15 is 0 Å². The van der Waals surface area contributed by atoms with Gasteiger partial charge in [0, 0.05) is 18.1 Å². The van der Waals surface area contributed by atoms with Crippen molar-refractivity contribution in [3.8, 4) is 0 Å². The molecule has 6 nitrogen and oxygen atoms in total. The molecule has 0 atom stereocenters. The Morgan fingerprint density at radius 2 is 1.83 bits per heavy atom. The monoisotopic (exact) mass is 356 g/mol. The zero-order chi connectivity index (χ0) is 17.4. The Hall–Kier alpha value is -2.46. The summed E-state index contributed by atoms with van der Waals surface area (Å²) >= 11 is 0. The van der Waals surface area contributed by atoms with Gasteiger partial charge in [0.1, 0.15) is 0 Å². The van der Waals surface area contributed by atoms with Crippen molar-refractivity contribution < 1.29 is 21.6 Å². The van der Waals surface area contributed by atoms with E-state index in [1.165, 1.54) is 0 Å². The maximum absolute atomic E-state index is 12.9. The Labute approximate surface area is 134 Å². The van der Waals surface area contributed by atoms with E-state index in [4.69, 9.17) is 0 Å². The maximum atomic E-state index is 12.9. The Morgan fingerprint density at radius 3 is 2.54 bits per heavy atom. The molecule has 0 saturated heterocycles. The lowest BCUT2D eigenvalue weighted by molar-refractivity contribution is -0.140. The number of hydrogen-bond donors (Lipinski definition) is 2. The van der Waals surface area contributed by atoms with Crippen LogP contribution in [0.5, 0.6) is 0 Å². The van der Waals surface area contributed by atoms with Crippen molar-refractivity contribution in [1.82, 2.24) is 19.7 Å². The number of pyridine rings is 2. The highest BCUT2D eigenvalue weighted by atomic mass is 32.2. The topological polar surface area (TPSA) is 87.7 Å². The molecule has 126 valence electrons. The van der Waals surface area contributed by atoms with Crippen molar-refractivity contribution in [2.24, 2.45) is 0 Å². The van der Waals surface area contributed by atoms with Gasteiger partial charge in [-0.25, -0.2) is 18.1 Å². The van der Waals surface area contributed by atoms with Crippen LogP contribution in [0.4, 0.5) is 13.2 Å². The molecule has 0 radical (unpaired) electrons. The van der Waals surface area contributed by atoms with Crippen molar-refractivity contribution in [1.29, 1.82) is 0 Å². The Balaban J connectivity index is 1.87. The smallest absolute Gasteiger partial charge is 0.356 e. The van der Waals surface area contributed by atoms with E-state index in [0.717, 1.165) is 12.3 Å². The van der Waals surface area contributed by atoms with Gasteiger partial charge in [-0.15, -0.1) is 0 Å². The minimum Gasteiger partial charge on any atom is -0.356 e. The lowest BCUT2D eigenvalue weighted by Crippen LogP contribution is -2.27. The highest BCUT2D eigenvalue weighted by molar-refractivity contribution is 7.89. The molecule has 3 aromatic rings. The van der Waals surface area contributed by atoms with Crippen molar-refractivity contribution in [3.63, 3.8) is 0 Å². The second kappa shape index (κ2) is 5.87. The quantitative estimate of drug-likeness (QED) is 0.752. The molecule has 0 amide bonds. The van der Waals surface area contributed by atoms with Gasteiger partial charge in [-0.1, -0.05) is 0 Å². The van der Waals surface area contributed by atoms with Crippen LogP contribution < -0.4 is 4.72 Å². The van der Waals surface area contributed by atoms with E-state index in [-0.39, 0.29) is 6.54 Å². The minimum absolute atomic E-state index is 0.216. The van der Waals surface area contributed by atoms with E-state index in [0.29, 0.717) is 22.8 Å². The molecule has 0 fully saturated rings. The third-order valence-corrected chi connectivity index (χ3v) is 4.59. The van der Waals surface area contributed by atoms with Crippen LogP contribution in [0.15, 0.2) is 47.8 Å². The number of nitrogens with one attached hydrogen (secondary N) is 2. The molecule has 3 heterocycles. The lowest BCUT2D eigenvalue weighted by atomic mass is 10.3. The highest BCUT2D eigenvalue weighted by Crippen LogP contribution is 2.32.